The molecule has 0 N–H and O–H groups in total. The SMILES string of the molecule is CC(CC(CCc1ccc(CCl)cc1)c1ccc(CCl)cc1)c1ccc(CCl)cc1. The monoisotopic (exact) mass is 458 g/mol. The lowest BCUT2D eigenvalue weighted by Crippen LogP contribution is -2.07. The van der Waals surface area contributed by atoms with Gasteiger partial charge in [0.25, 0.3) is 0 Å². The molecule has 3 heteroatoms. The van der Waals surface area contributed by atoms with E-state index in [1.165, 1.54) is 33.4 Å². The Bertz CT molecular complexity index is 883. The number of hydrogen-bond acceptors (Lipinski definition) is 0. The van der Waals surface area contributed by atoms with E-state index in [0.29, 0.717) is 29.5 Å². The fraction of sp³-hybridized carbons (Fsp3) is 0.333. The van der Waals surface area contributed by atoms with Gasteiger partial charge in [-0.3, -0.25) is 0 Å². The van der Waals surface area contributed by atoms with Crippen LogP contribution in [-0.2, 0) is 24.1 Å². The highest BCUT2D eigenvalue weighted by atomic mass is 35.5. The molecule has 0 aromatic heterocycles. The van der Waals surface area contributed by atoms with Crippen molar-refractivity contribution in [3.63, 3.8) is 0 Å². The molecule has 2 unspecified atom stereocenters. The molecular weight excluding hydrogens is 431 g/mol. The van der Waals surface area contributed by atoms with Crippen molar-refractivity contribution in [2.45, 2.75) is 55.7 Å². The van der Waals surface area contributed by atoms with Gasteiger partial charge in [-0.05, 0) is 64.5 Å². The first-order valence-electron chi connectivity index (χ1n) is 10.6. The Kier molecular flexibility index (Phi) is 9.12. The van der Waals surface area contributed by atoms with Gasteiger partial charge in [0.05, 0.1) is 0 Å². The van der Waals surface area contributed by atoms with Crippen LogP contribution < -0.4 is 0 Å². The smallest absolute Gasteiger partial charge is 0.0474 e. The molecule has 0 saturated heterocycles. The molecule has 0 fully saturated rings. The maximum Gasteiger partial charge on any atom is 0.0474 e. The highest BCUT2D eigenvalue weighted by molar-refractivity contribution is 6.17. The molecule has 0 aliphatic carbocycles. The molecule has 0 bridgehead atoms. The Morgan fingerprint density at radius 2 is 0.967 bits per heavy atom. The Morgan fingerprint density at radius 3 is 1.43 bits per heavy atom. The van der Waals surface area contributed by atoms with E-state index in [-0.39, 0.29) is 0 Å². The predicted molar refractivity (Wildman–Crippen MR) is 132 cm³/mol. The number of aryl methyl sites for hydroxylation is 1. The van der Waals surface area contributed by atoms with Crippen LogP contribution in [0.3, 0.4) is 0 Å². The van der Waals surface area contributed by atoms with Gasteiger partial charge >= 0.3 is 0 Å². The van der Waals surface area contributed by atoms with Gasteiger partial charge in [0, 0.05) is 17.6 Å². The van der Waals surface area contributed by atoms with Crippen LogP contribution >= 0.6 is 34.8 Å². The van der Waals surface area contributed by atoms with Crippen molar-refractivity contribution in [3.05, 3.63) is 106 Å². The fourth-order valence-electron chi connectivity index (χ4n) is 3.93. The second-order valence-corrected chi connectivity index (χ2v) is 8.87. The molecule has 0 saturated carbocycles. The maximum absolute atomic E-state index is 5.99. The third kappa shape index (κ3) is 6.51. The van der Waals surface area contributed by atoms with Crippen LogP contribution in [0.1, 0.15) is 65.0 Å². The molecule has 0 aliphatic rings. The lowest BCUT2D eigenvalue weighted by Gasteiger charge is -2.23. The summed E-state index contributed by atoms with van der Waals surface area (Å²) >= 11 is 17.9. The summed E-state index contributed by atoms with van der Waals surface area (Å²) in [6.07, 6.45) is 3.28. The Morgan fingerprint density at radius 1 is 0.567 bits per heavy atom. The van der Waals surface area contributed by atoms with Gasteiger partial charge in [-0.1, -0.05) is 79.7 Å². The molecule has 3 aromatic carbocycles. The van der Waals surface area contributed by atoms with Crippen LogP contribution in [0.4, 0.5) is 0 Å². The largest absolute Gasteiger partial charge is 0.122 e. The highest BCUT2D eigenvalue weighted by Gasteiger charge is 2.17. The molecular formula is C27H29Cl3. The van der Waals surface area contributed by atoms with E-state index in [1.807, 2.05) is 0 Å². The Labute approximate surface area is 196 Å². The number of benzene rings is 3. The summed E-state index contributed by atoms with van der Waals surface area (Å²) in [5.41, 5.74) is 7.64. The quantitative estimate of drug-likeness (QED) is 0.266. The summed E-state index contributed by atoms with van der Waals surface area (Å²) in [5.74, 6) is 2.65. The highest BCUT2D eigenvalue weighted by Crippen LogP contribution is 2.33. The van der Waals surface area contributed by atoms with Gasteiger partial charge in [0.15, 0.2) is 0 Å². The minimum absolute atomic E-state index is 0.478. The molecule has 3 aromatic rings. The van der Waals surface area contributed by atoms with Gasteiger partial charge in [-0.25, -0.2) is 0 Å². The molecule has 0 aliphatic heterocycles. The van der Waals surface area contributed by atoms with E-state index in [1.54, 1.807) is 0 Å². The van der Waals surface area contributed by atoms with Crippen molar-refractivity contribution in [2.24, 2.45) is 0 Å². The predicted octanol–water partition coefficient (Wildman–Crippen LogP) is 8.81. The van der Waals surface area contributed by atoms with Gasteiger partial charge in [0.1, 0.15) is 0 Å². The summed E-state index contributed by atoms with van der Waals surface area (Å²) in [7, 11) is 0. The molecule has 0 radical (unpaired) electrons. The second-order valence-electron chi connectivity index (χ2n) is 8.07. The average molecular weight is 460 g/mol. The van der Waals surface area contributed by atoms with E-state index in [0.717, 1.165) is 19.3 Å². The minimum Gasteiger partial charge on any atom is -0.122 e. The minimum atomic E-state index is 0.478. The van der Waals surface area contributed by atoms with E-state index in [4.69, 9.17) is 34.8 Å². The zero-order valence-corrected chi connectivity index (χ0v) is 19.7. The van der Waals surface area contributed by atoms with Crippen molar-refractivity contribution in [1.82, 2.24) is 0 Å². The van der Waals surface area contributed by atoms with E-state index < -0.39 is 0 Å². The second kappa shape index (κ2) is 11.8. The summed E-state index contributed by atoms with van der Waals surface area (Å²) < 4.78 is 0. The summed E-state index contributed by atoms with van der Waals surface area (Å²) in [6.45, 7) is 2.32. The van der Waals surface area contributed by atoms with E-state index >= 15 is 0 Å². The molecule has 3 rings (SSSR count). The average Bonchev–Trinajstić information content (AvgIpc) is 2.82. The standard InChI is InChI=1S/C27H29Cl3/c1-20(25-11-7-23(18-29)8-12-25)16-27(26-13-9-24(19-30)10-14-26)15-6-21-2-4-22(17-28)5-3-21/h2-5,7-14,20,27H,6,15-19H2,1H3. The Hall–Kier alpha value is -1.47. The summed E-state index contributed by atoms with van der Waals surface area (Å²) in [4.78, 5) is 0. The van der Waals surface area contributed by atoms with Crippen LogP contribution in [0, 0.1) is 0 Å². The third-order valence-electron chi connectivity index (χ3n) is 5.91. The van der Waals surface area contributed by atoms with Gasteiger partial charge in [-0.2, -0.15) is 0 Å². The summed E-state index contributed by atoms with van der Waals surface area (Å²) in [5, 5.41) is 0. The normalized spacial score (nSPS) is 13.2. The van der Waals surface area contributed by atoms with E-state index in [2.05, 4.69) is 79.7 Å². The first-order chi connectivity index (χ1) is 14.6. The number of rotatable bonds is 10. The molecule has 30 heavy (non-hydrogen) atoms. The molecule has 0 spiro atoms. The van der Waals surface area contributed by atoms with Gasteiger partial charge < -0.3 is 0 Å². The van der Waals surface area contributed by atoms with Crippen molar-refractivity contribution < 1.29 is 0 Å². The number of halogens is 3. The van der Waals surface area contributed by atoms with Crippen molar-refractivity contribution in [1.29, 1.82) is 0 Å². The molecule has 0 nitrogen and oxygen atoms in total. The van der Waals surface area contributed by atoms with Crippen LogP contribution in [0.25, 0.3) is 0 Å². The first-order valence-corrected chi connectivity index (χ1v) is 12.2. The zero-order chi connectivity index (χ0) is 21.3. The van der Waals surface area contributed by atoms with Crippen molar-refractivity contribution in [2.75, 3.05) is 0 Å². The van der Waals surface area contributed by atoms with Crippen LogP contribution in [0.15, 0.2) is 72.8 Å². The lowest BCUT2D eigenvalue weighted by molar-refractivity contribution is 0.525. The van der Waals surface area contributed by atoms with Crippen molar-refractivity contribution >= 4 is 34.8 Å². The Balaban J connectivity index is 1.74. The number of alkyl halides is 3. The van der Waals surface area contributed by atoms with Crippen LogP contribution in [0.2, 0.25) is 0 Å². The lowest BCUT2D eigenvalue weighted by atomic mass is 9.82. The maximum atomic E-state index is 5.99. The van der Waals surface area contributed by atoms with Gasteiger partial charge in [0.2, 0.25) is 0 Å². The van der Waals surface area contributed by atoms with Crippen LogP contribution in [0.5, 0.6) is 0 Å². The molecule has 2 atom stereocenters. The molecule has 0 heterocycles. The zero-order valence-electron chi connectivity index (χ0n) is 17.5. The third-order valence-corrected chi connectivity index (χ3v) is 6.83. The fourth-order valence-corrected chi connectivity index (χ4v) is 4.47. The van der Waals surface area contributed by atoms with Crippen molar-refractivity contribution in [3.8, 4) is 0 Å². The van der Waals surface area contributed by atoms with E-state index in [9.17, 15) is 0 Å². The van der Waals surface area contributed by atoms with Gasteiger partial charge in [-0.15, -0.1) is 34.8 Å². The molecule has 0 amide bonds. The van der Waals surface area contributed by atoms with Crippen LogP contribution in [-0.4, -0.2) is 0 Å². The summed E-state index contributed by atoms with van der Waals surface area (Å²) in [6, 6.07) is 26.2. The molecule has 158 valence electrons. The topological polar surface area (TPSA) is 0 Å². The first kappa shape index (κ1) is 23.2. The number of hydrogen-bond donors (Lipinski definition) is 0.